The highest BCUT2D eigenvalue weighted by atomic mass is 35.5. The van der Waals surface area contributed by atoms with Crippen LogP contribution in [0.5, 0.6) is 0 Å². The molecule has 4 heteroatoms. The molecule has 0 spiro atoms. The molecule has 1 aliphatic carbocycles. The van der Waals surface area contributed by atoms with Crippen LogP contribution in [0.25, 0.3) is 5.76 Å². The summed E-state index contributed by atoms with van der Waals surface area (Å²) in [6.45, 7) is 3.79. The van der Waals surface area contributed by atoms with Crippen LogP contribution in [0.3, 0.4) is 0 Å². The number of hydrogen-bond donors (Lipinski definition) is 0. The second kappa shape index (κ2) is 13.5. The molecule has 0 bridgehead atoms. The normalized spacial score (nSPS) is 18.6. The summed E-state index contributed by atoms with van der Waals surface area (Å²) in [6, 6.07) is 8.59. The van der Waals surface area contributed by atoms with Gasteiger partial charge in [-0.15, -0.1) is 23.2 Å². The van der Waals surface area contributed by atoms with Gasteiger partial charge in [-0.25, -0.2) is 0 Å². The number of unbranched alkanes of at least 4 members (excludes halogenated alkanes) is 6. The van der Waals surface area contributed by atoms with Crippen LogP contribution < -0.4 is 0 Å². The fraction of sp³-hybridized carbons (Fsp3) is 0.667. The lowest BCUT2D eigenvalue weighted by atomic mass is 9.80. The smallest absolute Gasteiger partial charge is 0.123 e. The lowest BCUT2D eigenvalue weighted by Crippen LogP contribution is -2.32. The van der Waals surface area contributed by atoms with Crippen molar-refractivity contribution in [1.82, 2.24) is 0 Å². The molecule has 1 aliphatic rings. The number of alkyl halides is 2. The molecule has 0 amide bonds. The average Bonchev–Trinajstić information content (AvgIpc) is 2.74. The molecular weight excluding hydrogens is 391 g/mol. The van der Waals surface area contributed by atoms with E-state index in [1.807, 2.05) is 0 Å². The van der Waals surface area contributed by atoms with Crippen molar-refractivity contribution in [3.8, 4) is 0 Å². The number of rotatable bonds is 15. The van der Waals surface area contributed by atoms with E-state index in [0.717, 1.165) is 69.3 Å². The zero-order valence-electron chi connectivity index (χ0n) is 17.4. The van der Waals surface area contributed by atoms with Crippen molar-refractivity contribution in [2.75, 3.05) is 25.0 Å². The molecule has 158 valence electrons. The van der Waals surface area contributed by atoms with Crippen LogP contribution in [0, 0.1) is 0 Å². The molecule has 1 aromatic rings. The fourth-order valence-corrected chi connectivity index (χ4v) is 4.21. The highest BCUT2D eigenvalue weighted by Crippen LogP contribution is 2.43. The molecule has 0 aromatic heterocycles. The molecule has 0 fully saturated rings. The van der Waals surface area contributed by atoms with Gasteiger partial charge in [-0.3, -0.25) is 0 Å². The van der Waals surface area contributed by atoms with Crippen molar-refractivity contribution < 1.29 is 9.47 Å². The SMILES string of the molecule is CCC1(OCCCCCCCl)CC=C(OCCCCCCCl)c2ccccc21. The van der Waals surface area contributed by atoms with Crippen LogP contribution in [0.4, 0.5) is 0 Å². The Labute approximate surface area is 181 Å². The first-order valence-corrected chi connectivity index (χ1v) is 12.0. The largest absolute Gasteiger partial charge is 0.493 e. The van der Waals surface area contributed by atoms with Gasteiger partial charge in [0.25, 0.3) is 0 Å². The Kier molecular flexibility index (Phi) is 11.4. The Morgan fingerprint density at radius 2 is 1.50 bits per heavy atom. The van der Waals surface area contributed by atoms with Crippen LogP contribution in [0.1, 0.15) is 82.3 Å². The third-order valence-corrected chi connectivity index (χ3v) is 6.10. The predicted octanol–water partition coefficient (Wildman–Crippen LogP) is 7.67. The van der Waals surface area contributed by atoms with Crippen LogP contribution in [0.15, 0.2) is 30.3 Å². The minimum Gasteiger partial charge on any atom is -0.493 e. The fourth-order valence-electron chi connectivity index (χ4n) is 3.83. The summed E-state index contributed by atoms with van der Waals surface area (Å²) in [5.74, 6) is 2.53. The molecule has 0 heterocycles. The molecule has 0 radical (unpaired) electrons. The third kappa shape index (κ3) is 6.97. The molecule has 2 nitrogen and oxygen atoms in total. The number of benzene rings is 1. The van der Waals surface area contributed by atoms with E-state index in [1.165, 1.54) is 36.8 Å². The average molecular weight is 427 g/mol. The van der Waals surface area contributed by atoms with Crippen molar-refractivity contribution in [1.29, 1.82) is 0 Å². The van der Waals surface area contributed by atoms with E-state index in [1.54, 1.807) is 0 Å². The summed E-state index contributed by atoms with van der Waals surface area (Å²) in [5.41, 5.74) is 2.24. The zero-order valence-corrected chi connectivity index (χ0v) is 18.9. The second-order valence-corrected chi connectivity index (χ2v) is 8.33. The Morgan fingerprint density at radius 1 is 0.857 bits per heavy atom. The Bertz CT molecular complexity index is 588. The molecule has 1 unspecified atom stereocenters. The van der Waals surface area contributed by atoms with Crippen LogP contribution in [-0.2, 0) is 15.1 Å². The van der Waals surface area contributed by atoms with E-state index in [9.17, 15) is 0 Å². The lowest BCUT2D eigenvalue weighted by molar-refractivity contribution is -0.0552. The van der Waals surface area contributed by atoms with Gasteiger partial charge < -0.3 is 9.47 Å². The second-order valence-electron chi connectivity index (χ2n) is 7.57. The first-order chi connectivity index (χ1) is 13.8. The minimum atomic E-state index is -0.226. The summed E-state index contributed by atoms with van der Waals surface area (Å²) in [5, 5.41) is 0. The van der Waals surface area contributed by atoms with Crippen LogP contribution in [-0.4, -0.2) is 25.0 Å². The minimum absolute atomic E-state index is 0.226. The summed E-state index contributed by atoms with van der Waals surface area (Å²) in [4.78, 5) is 0. The maximum Gasteiger partial charge on any atom is 0.123 e. The maximum atomic E-state index is 6.50. The van der Waals surface area contributed by atoms with E-state index in [-0.39, 0.29) is 5.60 Å². The third-order valence-electron chi connectivity index (χ3n) is 5.56. The number of halogens is 2. The molecule has 0 saturated carbocycles. The van der Waals surface area contributed by atoms with Gasteiger partial charge in [0.15, 0.2) is 0 Å². The van der Waals surface area contributed by atoms with Gasteiger partial charge in [-0.1, -0.05) is 56.9 Å². The number of hydrogen-bond acceptors (Lipinski definition) is 2. The first-order valence-electron chi connectivity index (χ1n) is 11.0. The van der Waals surface area contributed by atoms with Gasteiger partial charge in [0, 0.05) is 30.4 Å². The highest BCUT2D eigenvalue weighted by molar-refractivity contribution is 6.18. The molecule has 0 N–H and O–H groups in total. The molecular formula is C24H36Cl2O2. The Morgan fingerprint density at radius 3 is 2.18 bits per heavy atom. The molecule has 1 atom stereocenters. The molecule has 0 aliphatic heterocycles. The standard InChI is InChI=1S/C24H36Cl2O2/c1-2-24(28-20-12-6-4-10-18-26)16-15-23(21-13-7-8-14-22(21)24)27-19-11-5-3-9-17-25/h7-8,13-15H,2-6,9-12,16-20H2,1H3. The van der Waals surface area contributed by atoms with Gasteiger partial charge in [-0.05, 0) is 43.7 Å². The highest BCUT2D eigenvalue weighted by Gasteiger charge is 2.36. The van der Waals surface area contributed by atoms with E-state index in [2.05, 4.69) is 37.3 Å². The van der Waals surface area contributed by atoms with Crippen LogP contribution >= 0.6 is 23.2 Å². The number of fused-ring (bicyclic) bond motifs is 1. The molecule has 2 rings (SSSR count). The summed E-state index contributed by atoms with van der Waals surface area (Å²) in [7, 11) is 0. The summed E-state index contributed by atoms with van der Waals surface area (Å²) >= 11 is 11.5. The summed E-state index contributed by atoms with van der Waals surface area (Å²) < 4.78 is 12.7. The Hall–Kier alpha value is -0.700. The van der Waals surface area contributed by atoms with E-state index >= 15 is 0 Å². The maximum absolute atomic E-state index is 6.50. The first kappa shape index (κ1) is 23.6. The zero-order chi connectivity index (χ0) is 20.1. The quantitative estimate of drug-likeness (QED) is 0.211. The van der Waals surface area contributed by atoms with Gasteiger partial charge in [0.05, 0.1) is 12.2 Å². The van der Waals surface area contributed by atoms with Crippen molar-refractivity contribution in [3.05, 3.63) is 41.5 Å². The monoisotopic (exact) mass is 426 g/mol. The lowest BCUT2D eigenvalue weighted by Gasteiger charge is -2.37. The van der Waals surface area contributed by atoms with Gasteiger partial charge in [0.1, 0.15) is 5.76 Å². The van der Waals surface area contributed by atoms with Crippen molar-refractivity contribution >= 4 is 29.0 Å². The topological polar surface area (TPSA) is 18.5 Å². The van der Waals surface area contributed by atoms with Gasteiger partial charge in [-0.2, -0.15) is 0 Å². The van der Waals surface area contributed by atoms with E-state index < -0.39 is 0 Å². The van der Waals surface area contributed by atoms with Crippen LogP contribution in [0.2, 0.25) is 0 Å². The van der Waals surface area contributed by atoms with Crippen molar-refractivity contribution in [2.45, 2.75) is 76.7 Å². The molecule has 0 saturated heterocycles. The van der Waals surface area contributed by atoms with Gasteiger partial charge in [0.2, 0.25) is 0 Å². The van der Waals surface area contributed by atoms with Crippen molar-refractivity contribution in [3.63, 3.8) is 0 Å². The number of ether oxygens (including phenoxy) is 2. The van der Waals surface area contributed by atoms with Crippen molar-refractivity contribution in [2.24, 2.45) is 0 Å². The van der Waals surface area contributed by atoms with E-state index in [4.69, 9.17) is 32.7 Å². The van der Waals surface area contributed by atoms with Gasteiger partial charge >= 0.3 is 0 Å². The Balaban J connectivity index is 1.94. The molecule has 28 heavy (non-hydrogen) atoms. The summed E-state index contributed by atoms with van der Waals surface area (Å²) in [6.07, 6.45) is 13.2. The predicted molar refractivity (Wildman–Crippen MR) is 121 cm³/mol. The van der Waals surface area contributed by atoms with E-state index in [0.29, 0.717) is 0 Å². The molecule has 1 aromatic carbocycles.